The third kappa shape index (κ3) is 3.59. The summed E-state index contributed by atoms with van der Waals surface area (Å²) in [6.07, 6.45) is 3.58. The number of hydrogen-bond donors (Lipinski definition) is 1. The number of H-pyrrole nitrogens is 1. The molecule has 0 atom stereocenters. The smallest absolute Gasteiger partial charge is 0.293 e. The molecule has 4 nitrogen and oxygen atoms in total. The predicted molar refractivity (Wildman–Crippen MR) is 58.8 cm³/mol. The Morgan fingerprint density at radius 1 is 1.67 bits per heavy atom. The van der Waals surface area contributed by atoms with Crippen molar-refractivity contribution in [3.05, 3.63) is 29.7 Å². The van der Waals surface area contributed by atoms with Crippen molar-refractivity contribution in [3.63, 3.8) is 0 Å². The second kappa shape index (κ2) is 6.03. The number of fused-ring (bicyclic) bond motifs is 1. The maximum atomic E-state index is 9.18. The van der Waals surface area contributed by atoms with Crippen molar-refractivity contribution < 1.29 is 9.53 Å². The summed E-state index contributed by atoms with van der Waals surface area (Å²) >= 11 is 5.65. The summed E-state index contributed by atoms with van der Waals surface area (Å²) in [5.41, 5.74) is 1.02. The zero-order chi connectivity index (χ0) is 11.1. The molecule has 15 heavy (non-hydrogen) atoms. The van der Waals surface area contributed by atoms with Gasteiger partial charge in [-0.15, -0.1) is 0 Å². The van der Waals surface area contributed by atoms with Crippen molar-refractivity contribution in [2.75, 3.05) is 6.61 Å². The molecule has 2 heterocycles. The van der Waals surface area contributed by atoms with Gasteiger partial charge in [0, 0.05) is 11.6 Å². The molecule has 0 aliphatic heterocycles. The number of aromatic nitrogens is 2. The molecule has 0 fully saturated rings. The highest BCUT2D eigenvalue weighted by Gasteiger charge is 1.93. The molecular formula is C10H11ClN2O2. The van der Waals surface area contributed by atoms with E-state index in [4.69, 9.17) is 11.6 Å². The van der Waals surface area contributed by atoms with Crippen molar-refractivity contribution >= 4 is 29.0 Å². The maximum Gasteiger partial charge on any atom is 0.293 e. The SMILES string of the molecule is CCOC=O.Clc1cc2cc[nH]c2cn1. The van der Waals surface area contributed by atoms with Gasteiger partial charge in [-0.05, 0) is 19.1 Å². The van der Waals surface area contributed by atoms with E-state index >= 15 is 0 Å². The highest BCUT2D eigenvalue weighted by atomic mass is 35.5. The molecule has 2 rings (SSSR count). The van der Waals surface area contributed by atoms with Crippen LogP contribution in [0.25, 0.3) is 10.9 Å². The number of pyridine rings is 1. The molecule has 0 spiro atoms. The van der Waals surface area contributed by atoms with Crippen molar-refractivity contribution in [1.29, 1.82) is 0 Å². The summed E-state index contributed by atoms with van der Waals surface area (Å²) in [5.74, 6) is 0. The Bertz CT molecular complexity index is 428. The Hall–Kier alpha value is -1.55. The summed E-state index contributed by atoms with van der Waals surface area (Å²) in [5, 5.41) is 1.63. The minimum Gasteiger partial charge on any atom is -0.468 e. The third-order valence-corrected chi connectivity index (χ3v) is 1.85. The van der Waals surface area contributed by atoms with Gasteiger partial charge in [0.1, 0.15) is 5.15 Å². The van der Waals surface area contributed by atoms with Gasteiger partial charge in [0.15, 0.2) is 0 Å². The number of aromatic amines is 1. The lowest BCUT2D eigenvalue weighted by atomic mass is 10.3. The highest BCUT2D eigenvalue weighted by Crippen LogP contribution is 2.14. The van der Waals surface area contributed by atoms with Crippen molar-refractivity contribution in [2.45, 2.75) is 6.92 Å². The Balaban J connectivity index is 0.000000195. The van der Waals surface area contributed by atoms with Crippen LogP contribution in [0.2, 0.25) is 5.15 Å². The first-order valence-corrected chi connectivity index (χ1v) is 4.79. The van der Waals surface area contributed by atoms with Crippen LogP contribution in [-0.2, 0) is 9.53 Å². The number of rotatable bonds is 2. The fourth-order valence-corrected chi connectivity index (χ4v) is 1.16. The number of hydrogen-bond acceptors (Lipinski definition) is 3. The predicted octanol–water partition coefficient (Wildman–Crippen LogP) is 2.40. The maximum absolute atomic E-state index is 9.18. The summed E-state index contributed by atoms with van der Waals surface area (Å²) in [6.45, 7) is 2.66. The Labute approximate surface area is 92.2 Å². The number of carbonyl (C=O) groups is 1. The average Bonchev–Trinajstić information content (AvgIpc) is 2.67. The normalized spacial score (nSPS) is 9.20. The van der Waals surface area contributed by atoms with Crippen LogP contribution in [0.3, 0.4) is 0 Å². The van der Waals surface area contributed by atoms with Gasteiger partial charge < -0.3 is 9.72 Å². The average molecular weight is 227 g/mol. The van der Waals surface area contributed by atoms with E-state index in [2.05, 4.69) is 14.7 Å². The molecule has 0 bridgehead atoms. The van der Waals surface area contributed by atoms with E-state index in [-0.39, 0.29) is 0 Å². The molecule has 0 aromatic carbocycles. The fourth-order valence-electron chi connectivity index (χ4n) is 0.992. The molecule has 0 aliphatic rings. The zero-order valence-electron chi connectivity index (χ0n) is 8.24. The molecule has 2 aromatic rings. The molecule has 0 saturated heterocycles. The molecular weight excluding hydrogens is 216 g/mol. The summed E-state index contributed by atoms with van der Waals surface area (Å²) < 4.78 is 4.15. The summed E-state index contributed by atoms with van der Waals surface area (Å²) in [6, 6.07) is 3.79. The van der Waals surface area contributed by atoms with Gasteiger partial charge >= 0.3 is 0 Å². The molecule has 2 aromatic heterocycles. The van der Waals surface area contributed by atoms with E-state index < -0.39 is 0 Å². The van der Waals surface area contributed by atoms with E-state index in [0.29, 0.717) is 18.2 Å². The summed E-state index contributed by atoms with van der Waals surface area (Å²) in [4.78, 5) is 16.1. The molecule has 0 unspecified atom stereocenters. The number of nitrogens with zero attached hydrogens (tertiary/aromatic N) is 1. The Morgan fingerprint density at radius 3 is 3.07 bits per heavy atom. The highest BCUT2D eigenvalue weighted by molar-refractivity contribution is 6.30. The number of halogens is 1. The topological polar surface area (TPSA) is 55.0 Å². The van der Waals surface area contributed by atoms with E-state index in [9.17, 15) is 4.79 Å². The molecule has 0 amide bonds. The molecule has 0 radical (unpaired) electrons. The monoisotopic (exact) mass is 226 g/mol. The fraction of sp³-hybridized carbons (Fsp3) is 0.200. The van der Waals surface area contributed by atoms with E-state index in [1.54, 1.807) is 13.1 Å². The van der Waals surface area contributed by atoms with Crippen molar-refractivity contribution in [1.82, 2.24) is 9.97 Å². The van der Waals surface area contributed by atoms with Crippen LogP contribution in [0.1, 0.15) is 6.92 Å². The number of ether oxygens (including phenoxy) is 1. The first-order valence-electron chi connectivity index (χ1n) is 4.41. The number of carbonyl (C=O) groups excluding carboxylic acids is 1. The van der Waals surface area contributed by atoms with Crippen LogP contribution in [0.15, 0.2) is 24.5 Å². The zero-order valence-corrected chi connectivity index (χ0v) is 8.99. The van der Waals surface area contributed by atoms with E-state index in [0.717, 1.165) is 10.9 Å². The van der Waals surface area contributed by atoms with Crippen LogP contribution in [0.4, 0.5) is 0 Å². The van der Waals surface area contributed by atoms with E-state index in [1.165, 1.54) is 0 Å². The molecule has 80 valence electrons. The Kier molecular flexibility index (Phi) is 4.63. The van der Waals surface area contributed by atoms with Gasteiger partial charge in [-0.1, -0.05) is 11.6 Å². The van der Waals surface area contributed by atoms with Gasteiger partial charge in [0.2, 0.25) is 0 Å². The lowest BCUT2D eigenvalue weighted by Gasteiger charge is -1.87. The van der Waals surface area contributed by atoms with Crippen molar-refractivity contribution in [3.8, 4) is 0 Å². The van der Waals surface area contributed by atoms with Gasteiger partial charge in [-0.3, -0.25) is 4.79 Å². The second-order valence-corrected chi connectivity index (χ2v) is 3.01. The van der Waals surface area contributed by atoms with Crippen LogP contribution in [-0.4, -0.2) is 23.0 Å². The molecule has 0 saturated carbocycles. The van der Waals surface area contributed by atoms with E-state index in [1.807, 2.05) is 18.3 Å². The van der Waals surface area contributed by atoms with Gasteiger partial charge in [0.05, 0.1) is 18.3 Å². The summed E-state index contributed by atoms with van der Waals surface area (Å²) in [7, 11) is 0. The van der Waals surface area contributed by atoms with Crippen LogP contribution in [0.5, 0.6) is 0 Å². The van der Waals surface area contributed by atoms with Crippen molar-refractivity contribution in [2.24, 2.45) is 0 Å². The minimum atomic E-state index is 0.431. The molecule has 1 N–H and O–H groups in total. The lowest BCUT2D eigenvalue weighted by molar-refractivity contribution is -0.128. The first kappa shape index (κ1) is 11.5. The van der Waals surface area contributed by atoms with Crippen LogP contribution >= 0.6 is 11.6 Å². The Morgan fingerprint density at radius 2 is 2.47 bits per heavy atom. The van der Waals surface area contributed by atoms with Crippen LogP contribution in [0, 0.1) is 0 Å². The third-order valence-electron chi connectivity index (χ3n) is 1.64. The minimum absolute atomic E-state index is 0.431. The van der Waals surface area contributed by atoms with Gasteiger partial charge in [-0.2, -0.15) is 0 Å². The largest absolute Gasteiger partial charge is 0.468 e. The van der Waals surface area contributed by atoms with Crippen LogP contribution < -0.4 is 0 Å². The number of nitrogens with one attached hydrogen (secondary N) is 1. The quantitative estimate of drug-likeness (QED) is 0.632. The first-order chi connectivity index (χ1) is 7.27. The molecule has 0 aliphatic carbocycles. The van der Waals surface area contributed by atoms with Gasteiger partial charge in [0.25, 0.3) is 6.47 Å². The standard InChI is InChI=1S/C7H5ClN2.C3H6O2/c8-7-3-5-1-2-9-6(5)4-10-7;1-2-5-3-4/h1-4,9H;3H,2H2,1H3. The molecule has 5 heteroatoms. The second-order valence-electron chi connectivity index (χ2n) is 2.62. The van der Waals surface area contributed by atoms with Gasteiger partial charge in [-0.25, -0.2) is 4.98 Å². The lowest BCUT2D eigenvalue weighted by Crippen LogP contribution is -1.80.